The number of likely N-dealkylation sites (tertiary alicyclic amines) is 1. The van der Waals surface area contributed by atoms with E-state index in [2.05, 4.69) is 16.9 Å². The largest absolute Gasteiger partial charge is 0.338 e. The summed E-state index contributed by atoms with van der Waals surface area (Å²) >= 11 is 0. The van der Waals surface area contributed by atoms with E-state index in [0.717, 1.165) is 12.8 Å². The maximum Gasteiger partial charge on any atom is 0.245 e. The summed E-state index contributed by atoms with van der Waals surface area (Å²) in [7, 11) is 0. The maximum absolute atomic E-state index is 12.1. The lowest BCUT2D eigenvalue weighted by molar-refractivity contribution is -0.130. The Morgan fingerprint density at radius 2 is 2.32 bits per heavy atom. The van der Waals surface area contributed by atoms with Crippen LogP contribution in [0.15, 0.2) is 37.1 Å². The highest BCUT2D eigenvalue weighted by Crippen LogP contribution is 2.18. The van der Waals surface area contributed by atoms with E-state index < -0.39 is 0 Å². The molecule has 1 aliphatic rings. The zero-order chi connectivity index (χ0) is 13.7. The molecule has 2 heterocycles. The second kappa shape index (κ2) is 6.13. The third kappa shape index (κ3) is 3.40. The van der Waals surface area contributed by atoms with Gasteiger partial charge in [0.15, 0.2) is 0 Å². The smallest absolute Gasteiger partial charge is 0.245 e. The van der Waals surface area contributed by atoms with E-state index in [0.29, 0.717) is 18.9 Å². The number of rotatable bonds is 3. The number of carbonyl (C=O) groups excluding carboxylic acids is 2. The van der Waals surface area contributed by atoms with Gasteiger partial charge in [-0.25, -0.2) is 4.98 Å². The summed E-state index contributed by atoms with van der Waals surface area (Å²) in [6.45, 7) is 4.61. The molecule has 0 bridgehead atoms. The molecule has 0 saturated carbocycles. The Morgan fingerprint density at radius 1 is 1.47 bits per heavy atom. The number of amides is 2. The molecule has 2 amide bonds. The number of hydrogen-bond acceptors (Lipinski definition) is 3. The van der Waals surface area contributed by atoms with Crippen molar-refractivity contribution in [2.24, 2.45) is 5.92 Å². The molecule has 5 nitrogen and oxygen atoms in total. The van der Waals surface area contributed by atoms with Crippen molar-refractivity contribution in [2.75, 3.05) is 18.4 Å². The predicted molar refractivity (Wildman–Crippen MR) is 72.4 cm³/mol. The maximum atomic E-state index is 12.1. The Labute approximate surface area is 112 Å². The lowest BCUT2D eigenvalue weighted by Gasteiger charge is -2.31. The highest BCUT2D eigenvalue weighted by Gasteiger charge is 2.27. The van der Waals surface area contributed by atoms with Gasteiger partial charge in [0.2, 0.25) is 11.8 Å². The summed E-state index contributed by atoms with van der Waals surface area (Å²) in [5, 5.41) is 2.78. The first-order valence-corrected chi connectivity index (χ1v) is 6.34. The van der Waals surface area contributed by atoms with Crippen LogP contribution in [0.2, 0.25) is 0 Å². The number of pyridine rings is 1. The van der Waals surface area contributed by atoms with Crippen molar-refractivity contribution in [1.82, 2.24) is 9.88 Å². The van der Waals surface area contributed by atoms with Crippen molar-refractivity contribution in [3.63, 3.8) is 0 Å². The standard InChI is InChI=1S/C14H17N3O2/c1-2-13(18)17-9-5-6-11(10-17)14(19)16-12-7-3-4-8-15-12/h2-4,7-8,11H,1,5-6,9-10H2,(H,15,16,19). The fraction of sp³-hybridized carbons (Fsp3) is 0.357. The van der Waals surface area contributed by atoms with Gasteiger partial charge < -0.3 is 10.2 Å². The summed E-state index contributed by atoms with van der Waals surface area (Å²) < 4.78 is 0. The Hall–Kier alpha value is -2.17. The molecule has 19 heavy (non-hydrogen) atoms. The SMILES string of the molecule is C=CC(=O)N1CCCC(C(=O)Nc2ccccn2)C1. The van der Waals surface area contributed by atoms with Crippen LogP contribution in [0.3, 0.4) is 0 Å². The number of nitrogens with zero attached hydrogens (tertiary/aromatic N) is 2. The zero-order valence-corrected chi connectivity index (χ0v) is 10.7. The molecule has 1 aromatic heterocycles. The first-order chi connectivity index (χ1) is 9.20. The topological polar surface area (TPSA) is 62.3 Å². The van der Waals surface area contributed by atoms with Crippen molar-refractivity contribution in [2.45, 2.75) is 12.8 Å². The van der Waals surface area contributed by atoms with Crippen LogP contribution in [-0.4, -0.2) is 34.8 Å². The van der Waals surface area contributed by atoms with E-state index in [4.69, 9.17) is 0 Å². The molecule has 0 aliphatic carbocycles. The van der Waals surface area contributed by atoms with Crippen molar-refractivity contribution in [1.29, 1.82) is 0 Å². The molecular weight excluding hydrogens is 242 g/mol. The molecule has 0 spiro atoms. The summed E-state index contributed by atoms with van der Waals surface area (Å²) in [6.07, 6.45) is 4.54. The third-order valence-electron chi connectivity index (χ3n) is 3.19. The van der Waals surface area contributed by atoms with E-state index in [1.165, 1.54) is 6.08 Å². The molecule has 1 aliphatic heterocycles. The van der Waals surface area contributed by atoms with Crippen LogP contribution < -0.4 is 5.32 Å². The summed E-state index contributed by atoms with van der Waals surface area (Å²) in [5.41, 5.74) is 0. The van der Waals surface area contributed by atoms with Gasteiger partial charge in [-0.15, -0.1) is 0 Å². The number of carbonyl (C=O) groups is 2. The van der Waals surface area contributed by atoms with Crippen LogP contribution in [0.1, 0.15) is 12.8 Å². The van der Waals surface area contributed by atoms with E-state index in [1.54, 1.807) is 23.2 Å². The van der Waals surface area contributed by atoms with Gasteiger partial charge in [0, 0.05) is 19.3 Å². The van der Waals surface area contributed by atoms with Crippen molar-refractivity contribution < 1.29 is 9.59 Å². The average Bonchev–Trinajstić information content (AvgIpc) is 2.47. The Morgan fingerprint density at radius 3 is 3.00 bits per heavy atom. The summed E-state index contributed by atoms with van der Waals surface area (Å²) in [6, 6.07) is 5.35. The summed E-state index contributed by atoms with van der Waals surface area (Å²) in [5.74, 6) is 0.162. The number of hydrogen-bond donors (Lipinski definition) is 1. The molecular formula is C14H17N3O2. The Balaban J connectivity index is 1.95. The molecule has 1 atom stereocenters. The molecule has 1 N–H and O–H groups in total. The van der Waals surface area contributed by atoms with Crippen LogP contribution in [-0.2, 0) is 9.59 Å². The fourth-order valence-electron chi connectivity index (χ4n) is 2.19. The number of nitrogens with one attached hydrogen (secondary N) is 1. The average molecular weight is 259 g/mol. The van der Waals surface area contributed by atoms with Gasteiger partial charge in [0.25, 0.3) is 0 Å². The van der Waals surface area contributed by atoms with Gasteiger partial charge >= 0.3 is 0 Å². The van der Waals surface area contributed by atoms with Gasteiger partial charge in [0.1, 0.15) is 5.82 Å². The lowest BCUT2D eigenvalue weighted by atomic mass is 9.97. The van der Waals surface area contributed by atoms with Gasteiger partial charge in [-0.05, 0) is 31.1 Å². The molecule has 0 radical (unpaired) electrons. The zero-order valence-electron chi connectivity index (χ0n) is 10.7. The van der Waals surface area contributed by atoms with E-state index in [-0.39, 0.29) is 17.7 Å². The number of aromatic nitrogens is 1. The van der Waals surface area contributed by atoms with Gasteiger partial charge in [0.05, 0.1) is 5.92 Å². The van der Waals surface area contributed by atoms with Crippen molar-refractivity contribution in [3.05, 3.63) is 37.1 Å². The van der Waals surface area contributed by atoms with Crippen LogP contribution in [0.25, 0.3) is 0 Å². The van der Waals surface area contributed by atoms with E-state index in [1.807, 2.05) is 6.07 Å². The molecule has 100 valence electrons. The molecule has 0 aromatic carbocycles. The van der Waals surface area contributed by atoms with Crippen LogP contribution in [0.4, 0.5) is 5.82 Å². The minimum absolute atomic E-state index is 0.0831. The monoisotopic (exact) mass is 259 g/mol. The molecule has 1 saturated heterocycles. The molecule has 5 heteroatoms. The first-order valence-electron chi connectivity index (χ1n) is 6.34. The van der Waals surface area contributed by atoms with E-state index in [9.17, 15) is 9.59 Å². The molecule has 1 fully saturated rings. The minimum atomic E-state index is -0.181. The Bertz CT molecular complexity index is 473. The van der Waals surface area contributed by atoms with Crippen LogP contribution in [0, 0.1) is 5.92 Å². The lowest BCUT2D eigenvalue weighted by Crippen LogP contribution is -2.43. The van der Waals surface area contributed by atoms with Gasteiger partial charge in [-0.1, -0.05) is 12.6 Å². The highest BCUT2D eigenvalue weighted by atomic mass is 16.2. The van der Waals surface area contributed by atoms with E-state index >= 15 is 0 Å². The molecule has 1 aromatic rings. The second-order valence-corrected chi connectivity index (χ2v) is 4.53. The third-order valence-corrected chi connectivity index (χ3v) is 3.19. The highest BCUT2D eigenvalue weighted by molar-refractivity contribution is 5.93. The molecule has 1 unspecified atom stereocenters. The quantitative estimate of drug-likeness (QED) is 0.836. The number of anilines is 1. The van der Waals surface area contributed by atoms with Crippen LogP contribution in [0.5, 0.6) is 0 Å². The predicted octanol–water partition coefficient (Wildman–Crippen LogP) is 1.44. The van der Waals surface area contributed by atoms with Crippen LogP contribution >= 0.6 is 0 Å². The van der Waals surface area contributed by atoms with Gasteiger partial charge in [-0.2, -0.15) is 0 Å². The normalized spacial score (nSPS) is 18.7. The number of piperidine rings is 1. The fourth-order valence-corrected chi connectivity index (χ4v) is 2.19. The summed E-state index contributed by atoms with van der Waals surface area (Å²) in [4.78, 5) is 29.4. The minimum Gasteiger partial charge on any atom is -0.338 e. The van der Waals surface area contributed by atoms with Crippen molar-refractivity contribution in [3.8, 4) is 0 Å². The van der Waals surface area contributed by atoms with Gasteiger partial charge in [-0.3, -0.25) is 9.59 Å². The van der Waals surface area contributed by atoms with Crippen molar-refractivity contribution >= 4 is 17.6 Å². The molecule has 2 rings (SSSR count). The Kier molecular flexibility index (Phi) is 4.28. The second-order valence-electron chi connectivity index (χ2n) is 4.53. The first kappa shape index (κ1) is 13.3.